The highest BCUT2D eigenvalue weighted by Gasteiger charge is 2.32. The largest absolute Gasteiger partial charge is 0.454 e. The standard InChI is InChI=1S/C26H22F3N3O2/c27-26(28,29)19-11-12-23-21(17-19)30-24(20-9-4-5-10-22(20)34-23)31-13-6-14-32(16-15-31)25(33)18-7-2-1-3-8-18/h1-5,7-12,17H,6,13-16H2. The van der Waals surface area contributed by atoms with E-state index in [2.05, 4.69) is 4.99 Å². The number of carbonyl (C=O) groups excluding carboxylic acids is 1. The molecule has 2 heterocycles. The number of alkyl halides is 3. The SMILES string of the molecule is O=C(c1ccccc1)N1CCCN(C2=Nc3cc(C(F)(F)F)ccc3Oc3ccccc32)CC1. The first-order chi connectivity index (χ1) is 16.4. The number of para-hydroxylation sites is 1. The third-order valence-electron chi connectivity index (χ3n) is 5.96. The average Bonchev–Trinajstić information content (AvgIpc) is 3.18. The van der Waals surface area contributed by atoms with Crippen LogP contribution in [0.1, 0.15) is 27.9 Å². The van der Waals surface area contributed by atoms with E-state index in [1.807, 2.05) is 46.2 Å². The van der Waals surface area contributed by atoms with Gasteiger partial charge >= 0.3 is 6.18 Å². The number of benzene rings is 3. The number of carbonyl (C=O) groups is 1. The summed E-state index contributed by atoms with van der Waals surface area (Å²) in [4.78, 5) is 21.4. The van der Waals surface area contributed by atoms with Crippen molar-refractivity contribution in [2.45, 2.75) is 12.6 Å². The lowest BCUT2D eigenvalue weighted by Crippen LogP contribution is -2.37. The minimum atomic E-state index is -4.48. The van der Waals surface area contributed by atoms with Gasteiger partial charge in [-0.1, -0.05) is 30.3 Å². The van der Waals surface area contributed by atoms with Gasteiger partial charge in [-0.2, -0.15) is 13.2 Å². The van der Waals surface area contributed by atoms with Crippen LogP contribution in [0.5, 0.6) is 11.5 Å². The lowest BCUT2D eigenvalue weighted by Gasteiger charge is -2.25. The van der Waals surface area contributed by atoms with Crippen molar-refractivity contribution in [3.63, 3.8) is 0 Å². The molecule has 0 radical (unpaired) electrons. The van der Waals surface area contributed by atoms with Crippen molar-refractivity contribution in [2.24, 2.45) is 4.99 Å². The van der Waals surface area contributed by atoms with Crippen molar-refractivity contribution in [1.29, 1.82) is 0 Å². The first-order valence-electron chi connectivity index (χ1n) is 11.1. The summed E-state index contributed by atoms with van der Waals surface area (Å²) in [6.07, 6.45) is -3.78. The van der Waals surface area contributed by atoms with Gasteiger partial charge in [0, 0.05) is 31.7 Å². The van der Waals surface area contributed by atoms with Crippen molar-refractivity contribution in [1.82, 2.24) is 9.80 Å². The molecule has 2 aliphatic rings. The van der Waals surface area contributed by atoms with E-state index in [-0.39, 0.29) is 17.3 Å². The molecule has 0 unspecified atom stereocenters. The zero-order valence-electron chi connectivity index (χ0n) is 18.3. The van der Waals surface area contributed by atoms with Crippen LogP contribution in [0, 0.1) is 0 Å². The van der Waals surface area contributed by atoms with Gasteiger partial charge in [0.25, 0.3) is 5.91 Å². The lowest BCUT2D eigenvalue weighted by molar-refractivity contribution is -0.137. The Bertz CT molecular complexity index is 1240. The van der Waals surface area contributed by atoms with Crippen LogP contribution >= 0.6 is 0 Å². The number of nitrogens with zero attached hydrogens (tertiary/aromatic N) is 3. The molecule has 1 amide bonds. The third kappa shape index (κ3) is 4.35. The van der Waals surface area contributed by atoms with Gasteiger partial charge in [0.15, 0.2) is 5.75 Å². The van der Waals surface area contributed by atoms with E-state index in [9.17, 15) is 18.0 Å². The molecule has 0 N–H and O–H groups in total. The summed E-state index contributed by atoms with van der Waals surface area (Å²) in [5.41, 5.74) is 0.687. The predicted octanol–water partition coefficient (Wildman–Crippen LogP) is 5.74. The van der Waals surface area contributed by atoms with Gasteiger partial charge in [0.05, 0.1) is 11.1 Å². The summed E-state index contributed by atoms with van der Waals surface area (Å²) < 4.78 is 46.0. The number of hydrogen-bond donors (Lipinski definition) is 0. The Morgan fingerprint density at radius 3 is 2.41 bits per heavy atom. The molecule has 1 fully saturated rings. The summed E-state index contributed by atoms with van der Waals surface area (Å²) in [5, 5.41) is 0. The molecule has 0 saturated carbocycles. The van der Waals surface area contributed by atoms with Crippen LogP contribution in [-0.4, -0.2) is 47.7 Å². The fourth-order valence-corrected chi connectivity index (χ4v) is 4.24. The van der Waals surface area contributed by atoms with Gasteiger partial charge in [-0.25, -0.2) is 4.99 Å². The van der Waals surface area contributed by atoms with Crippen molar-refractivity contribution in [2.75, 3.05) is 26.2 Å². The van der Waals surface area contributed by atoms with Gasteiger partial charge in [0.2, 0.25) is 0 Å². The molecule has 0 bridgehead atoms. The van der Waals surface area contributed by atoms with E-state index in [1.54, 1.807) is 18.2 Å². The molecular weight excluding hydrogens is 443 g/mol. The maximum absolute atomic E-state index is 13.3. The zero-order chi connectivity index (χ0) is 23.7. The van der Waals surface area contributed by atoms with Gasteiger partial charge in [0.1, 0.15) is 17.3 Å². The lowest BCUT2D eigenvalue weighted by atomic mass is 10.1. The van der Waals surface area contributed by atoms with E-state index < -0.39 is 11.7 Å². The molecule has 8 heteroatoms. The van der Waals surface area contributed by atoms with Crippen LogP contribution in [0.2, 0.25) is 0 Å². The number of fused-ring (bicyclic) bond motifs is 2. The van der Waals surface area contributed by atoms with Crippen LogP contribution in [-0.2, 0) is 6.18 Å². The first kappa shape index (κ1) is 22.0. The maximum Gasteiger partial charge on any atom is 0.416 e. The van der Waals surface area contributed by atoms with Crippen molar-refractivity contribution in [3.8, 4) is 11.5 Å². The van der Waals surface area contributed by atoms with Gasteiger partial charge in [-0.3, -0.25) is 4.79 Å². The summed E-state index contributed by atoms with van der Waals surface area (Å²) >= 11 is 0. The van der Waals surface area contributed by atoms with Crippen LogP contribution in [0.15, 0.2) is 77.8 Å². The summed E-state index contributed by atoms with van der Waals surface area (Å²) in [5.74, 6) is 1.31. The Labute approximate surface area is 195 Å². The second-order valence-corrected chi connectivity index (χ2v) is 8.21. The molecule has 0 aliphatic carbocycles. The molecule has 5 rings (SSSR count). The van der Waals surface area contributed by atoms with Crippen LogP contribution in [0.25, 0.3) is 0 Å². The maximum atomic E-state index is 13.3. The molecule has 5 nitrogen and oxygen atoms in total. The first-order valence-corrected chi connectivity index (χ1v) is 11.1. The Morgan fingerprint density at radius 1 is 0.853 bits per heavy atom. The molecule has 0 spiro atoms. The second kappa shape index (κ2) is 8.85. The minimum Gasteiger partial charge on any atom is -0.454 e. The number of rotatable bonds is 1. The van der Waals surface area contributed by atoms with Crippen LogP contribution < -0.4 is 4.74 Å². The average molecular weight is 465 g/mol. The number of aliphatic imine (C=N–C) groups is 1. The minimum absolute atomic E-state index is 0.0332. The number of hydrogen-bond acceptors (Lipinski definition) is 4. The highest BCUT2D eigenvalue weighted by molar-refractivity contribution is 6.04. The quantitative estimate of drug-likeness (QED) is 0.461. The number of halogens is 3. The predicted molar refractivity (Wildman–Crippen MR) is 123 cm³/mol. The molecular formula is C26H22F3N3O2. The highest BCUT2D eigenvalue weighted by atomic mass is 19.4. The molecule has 0 aromatic heterocycles. The molecule has 1 saturated heterocycles. The molecule has 0 atom stereocenters. The molecule has 34 heavy (non-hydrogen) atoms. The second-order valence-electron chi connectivity index (χ2n) is 8.21. The molecule has 2 aliphatic heterocycles. The highest BCUT2D eigenvalue weighted by Crippen LogP contribution is 2.41. The Morgan fingerprint density at radius 2 is 1.62 bits per heavy atom. The van der Waals surface area contributed by atoms with Crippen molar-refractivity contribution in [3.05, 3.63) is 89.5 Å². The van der Waals surface area contributed by atoms with E-state index in [0.29, 0.717) is 55.3 Å². The van der Waals surface area contributed by atoms with E-state index in [4.69, 9.17) is 4.74 Å². The molecule has 174 valence electrons. The number of amides is 1. The van der Waals surface area contributed by atoms with Crippen LogP contribution in [0.3, 0.4) is 0 Å². The zero-order valence-corrected chi connectivity index (χ0v) is 18.3. The van der Waals surface area contributed by atoms with Gasteiger partial charge < -0.3 is 14.5 Å². The van der Waals surface area contributed by atoms with E-state index in [1.165, 1.54) is 6.07 Å². The van der Waals surface area contributed by atoms with E-state index in [0.717, 1.165) is 12.1 Å². The van der Waals surface area contributed by atoms with Crippen LogP contribution in [0.4, 0.5) is 18.9 Å². The monoisotopic (exact) mass is 465 g/mol. The number of ether oxygens (including phenoxy) is 1. The fraction of sp³-hybridized carbons (Fsp3) is 0.231. The van der Waals surface area contributed by atoms with Gasteiger partial charge in [-0.05, 0) is 48.9 Å². The Hall–Kier alpha value is -3.81. The van der Waals surface area contributed by atoms with Crippen molar-refractivity contribution < 1.29 is 22.7 Å². The molecule has 3 aromatic carbocycles. The normalized spacial score (nSPS) is 15.9. The smallest absolute Gasteiger partial charge is 0.416 e. The van der Waals surface area contributed by atoms with E-state index >= 15 is 0 Å². The van der Waals surface area contributed by atoms with Gasteiger partial charge in [-0.15, -0.1) is 0 Å². The topological polar surface area (TPSA) is 45.1 Å². The number of amidine groups is 1. The summed E-state index contributed by atoms with van der Waals surface area (Å²) in [7, 11) is 0. The van der Waals surface area contributed by atoms with Crippen molar-refractivity contribution >= 4 is 17.4 Å². The third-order valence-corrected chi connectivity index (χ3v) is 5.96. The summed E-state index contributed by atoms with van der Waals surface area (Å²) in [6.45, 7) is 2.18. The fourth-order valence-electron chi connectivity index (χ4n) is 4.24. The Kier molecular flexibility index (Phi) is 5.73. The Balaban J connectivity index is 1.48. The summed E-state index contributed by atoms with van der Waals surface area (Å²) in [6, 6.07) is 19.7. The molecule has 3 aromatic rings.